The molecule has 2 saturated heterocycles. The Morgan fingerprint density at radius 2 is 1.54 bits per heavy atom. The number of nitrogens with one attached hydrogen (secondary N) is 1. The summed E-state index contributed by atoms with van der Waals surface area (Å²) < 4.78 is 13.3. The number of amides is 1. The molecule has 0 bridgehead atoms. The van der Waals surface area contributed by atoms with E-state index in [1.807, 2.05) is 91.0 Å². The molecule has 2 heterocycles. The summed E-state index contributed by atoms with van der Waals surface area (Å²) in [7, 11) is 0. The molecule has 0 saturated carbocycles. The third kappa shape index (κ3) is 9.17. The minimum absolute atomic E-state index is 0.0252. The number of piperidine rings is 1. The summed E-state index contributed by atoms with van der Waals surface area (Å²) in [6, 6.07) is 31.3. The SMILES string of the molecule is O=C(O)CCC(=O)NCc1cccc(-c2cccc(C3OC(CN4CCC(O)(c5ccc(Cl)cc5)CC4)CC(c4ccc(CO)cc4)O3)c2)c1. The largest absolute Gasteiger partial charge is 0.481 e. The van der Waals surface area contributed by atoms with Crippen molar-refractivity contribution in [1.82, 2.24) is 10.2 Å². The van der Waals surface area contributed by atoms with Crippen molar-refractivity contribution in [2.45, 2.75) is 69.4 Å². The van der Waals surface area contributed by atoms with Crippen LogP contribution in [0.1, 0.15) is 72.3 Å². The molecule has 2 aliphatic heterocycles. The van der Waals surface area contributed by atoms with E-state index in [4.69, 9.17) is 26.2 Å². The molecule has 262 valence electrons. The standard InChI is InChI=1S/C40H43ClN2O7/c41-34-13-11-33(12-14-34)40(48)17-19-43(20-18-40)25-35-23-36(29-9-7-27(26-44)8-10-29)50-39(49-35)32-6-2-5-31(22-32)30-4-1-3-28(21-30)24-42-37(45)15-16-38(46)47/h1-14,21-22,35-36,39,44,48H,15-20,23-26H2,(H,42,45)(H,46,47). The maximum absolute atomic E-state index is 12.1. The number of nitrogens with zero attached hydrogens (tertiary/aromatic N) is 1. The van der Waals surface area contributed by atoms with Gasteiger partial charge in [-0.2, -0.15) is 0 Å². The molecule has 10 heteroatoms. The number of carboxylic acid groups (broad SMARTS) is 1. The average Bonchev–Trinajstić information content (AvgIpc) is 3.14. The van der Waals surface area contributed by atoms with Gasteiger partial charge in [-0.25, -0.2) is 0 Å². The van der Waals surface area contributed by atoms with Gasteiger partial charge in [-0.05, 0) is 70.5 Å². The van der Waals surface area contributed by atoms with Gasteiger partial charge in [0.15, 0.2) is 6.29 Å². The van der Waals surface area contributed by atoms with Crippen molar-refractivity contribution in [2.24, 2.45) is 0 Å². The first kappa shape index (κ1) is 35.7. The molecule has 0 aliphatic carbocycles. The molecule has 9 nitrogen and oxygen atoms in total. The van der Waals surface area contributed by atoms with Crippen LogP contribution in [-0.4, -0.2) is 57.8 Å². The first-order chi connectivity index (χ1) is 24.2. The number of carbonyl (C=O) groups excluding carboxylic acids is 1. The van der Waals surface area contributed by atoms with Crippen LogP contribution in [0.4, 0.5) is 0 Å². The highest BCUT2D eigenvalue weighted by Crippen LogP contribution is 2.40. The first-order valence-corrected chi connectivity index (χ1v) is 17.4. The lowest BCUT2D eigenvalue weighted by Gasteiger charge is -2.42. The molecule has 3 unspecified atom stereocenters. The molecule has 2 fully saturated rings. The van der Waals surface area contributed by atoms with Crippen LogP contribution in [0.25, 0.3) is 11.1 Å². The van der Waals surface area contributed by atoms with E-state index in [0.29, 0.717) is 37.4 Å². The Hall–Kier alpha value is -4.09. The number of hydrogen-bond donors (Lipinski definition) is 4. The summed E-state index contributed by atoms with van der Waals surface area (Å²) in [5.41, 5.74) is 5.58. The lowest BCUT2D eigenvalue weighted by atomic mass is 9.84. The highest BCUT2D eigenvalue weighted by atomic mass is 35.5. The Balaban J connectivity index is 1.16. The Labute approximate surface area is 297 Å². The highest BCUT2D eigenvalue weighted by Gasteiger charge is 2.37. The van der Waals surface area contributed by atoms with Crippen molar-refractivity contribution in [2.75, 3.05) is 19.6 Å². The van der Waals surface area contributed by atoms with Crippen LogP contribution in [0, 0.1) is 0 Å². The number of aliphatic hydroxyl groups is 2. The number of likely N-dealkylation sites (tertiary alicyclic amines) is 1. The van der Waals surface area contributed by atoms with E-state index in [1.54, 1.807) is 0 Å². The number of benzene rings is 4. The van der Waals surface area contributed by atoms with E-state index in [9.17, 15) is 19.8 Å². The predicted molar refractivity (Wildman–Crippen MR) is 190 cm³/mol. The Kier molecular flexibility index (Phi) is 11.6. The van der Waals surface area contributed by atoms with Gasteiger partial charge in [-0.15, -0.1) is 0 Å². The van der Waals surface area contributed by atoms with E-state index in [-0.39, 0.29) is 37.6 Å². The fraction of sp³-hybridized carbons (Fsp3) is 0.350. The number of hydrogen-bond acceptors (Lipinski definition) is 7. The number of rotatable bonds is 12. The molecule has 4 N–H and O–H groups in total. The fourth-order valence-corrected chi connectivity index (χ4v) is 6.84. The van der Waals surface area contributed by atoms with E-state index in [0.717, 1.165) is 52.0 Å². The Morgan fingerprint density at radius 3 is 2.24 bits per heavy atom. The lowest BCUT2D eigenvalue weighted by Crippen LogP contribution is -2.46. The van der Waals surface area contributed by atoms with Gasteiger partial charge < -0.3 is 35.0 Å². The molecule has 4 aromatic carbocycles. The highest BCUT2D eigenvalue weighted by molar-refractivity contribution is 6.30. The van der Waals surface area contributed by atoms with Gasteiger partial charge in [-0.1, -0.05) is 84.4 Å². The van der Waals surface area contributed by atoms with E-state index >= 15 is 0 Å². The minimum atomic E-state index is -1.00. The van der Waals surface area contributed by atoms with Gasteiger partial charge >= 0.3 is 5.97 Å². The summed E-state index contributed by atoms with van der Waals surface area (Å²) in [6.07, 6.45) is 0.645. The van der Waals surface area contributed by atoms with Crippen molar-refractivity contribution in [3.8, 4) is 11.1 Å². The number of carbonyl (C=O) groups is 2. The smallest absolute Gasteiger partial charge is 0.303 e. The quantitative estimate of drug-likeness (QED) is 0.132. The number of aliphatic hydroxyl groups excluding tert-OH is 1. The van der Waals surface area contributed by atoms with Crippen LogP contribution in [0.5, 0.6) is 0 Å². The summed E-state index contributed by atoms with van der Waals surface area (Å²) in [5, 5.41) is 33.3. The Morgan fingerprint density at radius 1 is 0.840 bits per heavy atom. The zero-order chi connectivity index (χ0) is 35.1. The van der Waals surface area contributed by atoms with Gasteiger partial charge in [0.05, 0.1) is 30.8 Å². The van der Waals surface area contributed by atoms with Gasteiger partial charge in [0.1, 0.15) is 0 Å². The van der Waals surface area contributed by atoms with Gasteiger partial charge in [0.25, 0.3) is 0 Å². The molecule has 3 atom stereocenters. The van der Waals surface area contributed by atoms with Crippen LogP contribution >= 0.6 is 11.6 Å². The van der Waals surface area contributed by atoms with Crippen LogP contribution in [0.3, 0.4) is 0 Å². The average molecular weight is 699 g/mol. The second kappa shape index (κ2) is 16.3. The lowest BCUT2D eigenvalue weighted by molar-refractivity contribution is -0.253. The molecular weight excluding hydrogens is 656 g/mol. The van der Waals surface area contributed by atoms with Crippen molar-refractivity contribution in [3.05, 3.63) is 130 Å². The predicted octanol–water partition coefficient (Wildman–Crippen LogP) is 6.51. The number of carboxylic acids is 1. The zero-order valence-corrected chi connectivity index (χ0v) is 28.6. The maximum Gasteiger partial charge on any atom is 0.303 e. The van der Waals surface area contributed by atoms with Crippen molar-refractivity contribution in [1.29, 1.82) is 0 Å². The van der Waals surface area contributed by atoms with E-state index < -0.39 is 17.9 Å². The monoisotopic (exact) mass is 698 g/mol. The second-order valence-electron chi connectivity index (χ2n) is 13.2. The van der Waals surface area contributed by atoms with Crippen LogP contribution < -0.4 is 5.32 Å². The molecule has 4 aromatic rings. The third-order valence-electron chi connectivity index (χ3n) is 9.62. The van der Waals surface area contributed by atoms with Gasteiger partial charge in [0, 0.05) is 49.6 Å². The first-order valence-electron chi connectivity index (χ1n) is 17.1. The molecule has 0 aromatic heterocycles. The maximum atomic E-state index is 12.1. The summed E-state index contributed by atoms with van der Waals surface area (Å²) in [4.78, 5) is 25.2. The molecule has 2 aliphatic rings. The fourth-order valence-electron chi connectivity index (χ4n) is 6.71. The van der Waals surface area contributed by atoms with Crippen LogP contribution in [0.15, 0.2) is 97.1 Å². The van der Waals surface area contributed by atoms with Gasteiger partial charge in [0.2, 0.25) is 5.91 Å². The summed E-state index contributed by atoms with van der Waals surface area (Å²) in [5.74, 6) is -1.30. The third-order valence-corrected chi connectivity index (χ3v) is 9.87. The normalized spacial score (nSPS) is 20.7. The zero-order valence-electron chi connectivity index (χ0n) is 27.8. The number of aliphatic carboxylic acids is 1. The second-order valence-corrected chi connectivity index (χ2v) is 13.6. The van der Waals surface area contributed by atoms with E-state index in [2.05, 4.69) is 16.3 Å². The molecular formula is C40H43ClN2O7. The van der Waals surface area contributed by atoms with E-state index in [1.165, 1.54) is 0 Å². The number of halogens is 1. The molecule has 50 heavy (non-hydrogen) atoms. The summed E-state index contributed by atoms with van der Waals surface area (Å²) >= 11 is 6.09. The minimum Gasteiger partial charge on any atom is -0.481 e. The molecule has 6 rings (SSSR count). The van der Waals surface area contributed by atoms with Crippen LogP contribution in [0.2, 0.25) is 5.02 Å². The molecule has 0 radical (unpaired) electrons. The Bertz CT molecular complexity index is 1760. The van der Waals surface area contributed by atoms with Crippen LogP contribution in [-0.2, 0) is 37.8 Å². The number of ether oxygens (including phenoxy) is 2. The van der Waals surface area contributed by atoms with Crippen molar-refractivity contribution < 1.29 is 34.4 Å². The van der Waals surface area contributed by atoms with Crippen molar-refractivity contribution >= 4 is 23.5 Å². The topological polar surface area (TPSA) is 129 Å². The summed E-state index contributed by atoms with van der Waals surface area (Å²) in [6.45, 7) is 2.43. The molecule has 0 spiro atoms. The molecule has 1 amide bonds. The van der Waals surface area contributed by atoms with Crippen molar-refractivity contribution in [3.63, 3.8) is 0 Å². The van der Waals surface area contributed by atoms with Gasteiger partial charge in [-0.3, -0.25) is 9.59 Å².